The lowest BCUT2D eigenvalue weighted by molar-refractivity contribution is 0.414. The number of hydrogen-bond donors (Lipinski definition) is 2. The van der Waals surface area contributed by atoms with Crippen LogP contribution in [-0.2, 0) is 10.0 Å². The van der Waals surface area contributed by atoms with Crippen molar-refractivity contribution in [3.8, 4) is 5.75 Å². The summed E-state index contributed by atoms with van der Waals surface area (Å²) in [6.07, 6.45) is 0. The smallest absolute Gasteiger partial charge is 0.236 e. The molecule has 1 atom stereocenters. The Balaban J connectivity index is 2.96. The van der Waals surface area contributed by atoms with Gasteiger partial charge in [0.2, 0.25) is 10.0 Å². The van der Waals surface area contributed by atoms with Crippen molar-refractivity contribution in [2.75, 3.05) is 25.4 Å². The van der Waals surface area contributed by atoms with Crippen molar-refractivity contribution in [2.24, 2.45) is 0 Å². The summed E-state index contributed by atoms with van der Waals surface area (Å²) in [4.78, 5) is 0. The van der Waals surface area contributed by atoms with Crippen LogP contribution in [0, 0.1) is 5.82 Å². The highest BCUT2D eigenvalue weighted by Gasteiger charge is 2.21. The predicted octanol–water partition coefficient (Wildman–Crippen LogP) is 1.18. The van der Waals surface area contributed by atoms with Crippen LogP contribution in [0.3, 0.4) is 0 Å². The summed E-state index contributed by atoms with van der Waals surface area (Å²) < 4.78 is 44.4. The molecule has 1 aromatic rings. The number of rotatable bonds is 6. The van der Waals surface area contributed by atoms with Crippen molar-refractivity contribution in [3.63, 3.8) is 0 Å². The third-order valence-corrected chi connectivity index (χ3v) is 4.18. The molecule has 0 aliphatic carbocycles. The number of hydrogen-bond acceptors (Lipinski definition) is 4. The lowest BCUT2D eigenvalue weighted by Crippen LogP contribution is -2.33. The maximum Gasteiger partial charge on any atom is 0.236 e. The van der Waals surface area contributed by atoms with Crippen LogP contribution in [-0.4, -0.2) is 34.4 Å². The van der Waals surface area contributed by atoms with Gasteiger partial charge in [0.25, 0.3) is 0 Å². The Morgan fingerprint density at radius 3 is 2.67 bits per heavy atom. The number of sulfonamides is 1. The van der Waals surface area contributed by atoms with Gasteiger partial charge in [-0.05, 0) is 26.1 Å². The molecule has 2 N–H and O–H groups in total. The Hall–Kier alpha value is -1.34. The molecule has 1 aromatic carbocycles. The van der Waals surface area contributed by atoms with E-state index < -0.39 is 21.1 Å². The topological polar surface area (TPSA) is 67.4 Å². The van der Waals surface area contributed by atoms with E-state index >= 15 is 0 Å². The normalized spacial score (nSPS) is 13.1. The first-order valence-electron chi connectivity index (χ1n) is 5.40. The van der Waals surface area contributed by atoms with Gasteiger partial charge in [-0.15, -0.1) is 0 Å². The molecule has 0 saturated carbocycles. The second-order valence-electron chi connectivity index (χ2n) is 3.86. The molecule has 5 nitrogen and oxygen atoms in total. The zero-order valence-corrected chi connectivity index (χ0v) is 11.3. The Kier molecular flexibility index (Phi) is 4.92. The molecule has 1 rings (SSSR count). The van der Waals surface area contributed by atoms with Gasteiger partial charge in [0.15, 0.2) is 0 Å². The highest BCUT2D eigenvalue weighted by molar-refractivity contribution is 7.93. The van der Waals surface area contributed by atoms with Crippen LogP contribution in [0.1, 0.15) is 6.92 Å². The van der Waals surface area contributed by atoms with E-state index in [9.17, 15) is 12.8 Å². The Morgan fingerprint density at radius 2 is 2.11 bits per heavy atom. The number of halogens is 1. The number of methoxy groups -OCH3 is 1. The third-order valence-electron chi connectivity index (χ3n) is 2.45. The molecule has 7 heteroatoms. The van der Waals surface area contributed by atoms with Crippen molar-refractivity contribution in [1.82, 2.24) is 5.32 Å². The first-order chi connectivity index (χ1) is 8.40. The fourth-order valence-corrected chi connectivity index (χ4v) is 2.41. The van der Waals surface area contributed by atoms with Gasteiger partial charge >= 0.3 is 0 Å². The second kappa shape index (κ2) is 6.01. The van der Waals surface area contributed by atoms with Crippen molar-refractivity contribution in [1.29, 1.82) is 0 Å². The summed E-state index contributed by atoms with van der Waals surface area (Å²) in [5.41, 5.74) is -0.114. The number of ether oxygens (including phenoxy) is 1. The largest absolute Gasteiger partial charge is 0.497 e. The summed E-state index contributed by atoms with van der Waals surface area (Å²) in [7, 11) is -0.554. The van der Waals surface area contributed by atoms with Crippen molar-refractivity contribution in [3.05, 3.63) is 24.0 Å². The van der Waals surface area contributed by atoms with Crippen LogP contribution in [0.5, 0.6) is 5.75 Å². The van der Waals surface area contributed by atoms with E-state index in [0.29, 0.717) is 5.75 Å². The first kappa shape index (κ1) is 14.7. The average molecular weight is 276 g/mol. The highest BCUT2D eigenvalue weighted by atomic mass is 32.2. The maximum atomic E-state index is 13.5. The van der Waals surface area contributed by atoms with E-state index in [4.69, 9.17) is 4.74 Å². The average Bonchev–Trinajstić information content (AvgIpc) is 2.32. The SMILES string of the molecule is CNCC(C)S(=O)(=O)Nc1cc(OC)ccc1F. The van der Waals surface area contributed by atoms with Crippen LogP contribution in [0.25, 0.3) is 0 Å². The quantitative estimate of drug-likeness (QED) is 0.819. The van der Waals surface area contributed by atoms with Crippen LogP contribution in [0.2, 0.25) is 0 Å². The fourth-order valence-electron chi connectivity index (χ4n) is 1.36. The minimum Gasteiger partial charge on any atom is -0.497 e. The van der Waals surface area contributed by atoms with E-state index in [2.05, 4.69) is 10.0 Å². The molecule has 0 spiro atoms. The number of anilines is 1. The first-order valence-corrected chi connectivity index (χ1v) is 6.95. The molecule has 0 aliphatic heterocycles. The molecule has 0 saturated heterocycles. The summed E-state index contributed by atoms with van der Waals surface area (Å²) in [6.45, 7) is 1.82. The number of benzene rings is 1. The minimum absolute atomic E-state index is 0.114. The standard InChI is InChI=1S/C11H17FN2O3S/c1-8(7-13-2)18(15,16)14-11-6-9(17-3)4-5-10(11)12/h4-6,8,13-14H,7H2,1-3H3. The molecule has 0 aliphatic rings. The van der Waals surface area contributed by atoms with Gasteiger partial charge in [-0.3, -0.25) is 4.72 Å². The van der Waals surface area contributed by atoms with E-state index in [0.717, 1.165) is 6.07 Å². The molecule has 0 aromatic heterocycles. The van der Waals surface area contributed by atoms with Gasteiger partial charge < -0.3 is 10.1 Å². The molecule has 0 bridgehead atoms. The summed E-state index contributed by atoms with van der Waals surface area (Å²) in [6, 6.07) is 3.88. The summed E-state index contributed by atoms with van der Waals surface area (Å²) >= 11 is 0. The zero-order valence-electron chi connectivity index (χ0n) is 10.5. The van der Waals surface area contributed by atoms with Crippen molar-refractivity contribution in [2.45, 2.75) is 12.2 Å². The van der Waals surface area contributed by atoms with Crippen LogP contribution in [0.4, 0.5) is 10.1 Å². The van der Waals surface area contributed by atoms with Crippen LogP contribution >= 0.6 is 0 Å². The van der Waals surface area contributed by atoms with Gasteiger partial charge in [-0.25, -0.2) is 12.8 Å². The molecule has 0 amide bonds. The minimum atomic E-state index is -3.63. The van der Waals surface area contributed by atoms with Gasteiger partial charge in [-0.1, -0.05) is 0 Å². The van der Waals surface area contributed by atoms with Gasteiger partial charge in [0, 0.05) is 12.6 Å². The Labute approximate surface area is 106 Å². The molecule has 1 unspecified atom stereocenters. The van der Waals surface area contributed by atoms with Gasteiger partial charge in [0.05, 0.1) is 18.0 Å². The molecular weight excluding hydrogens is 259 g/mol. The van der Waals surface area contributed by atoms with E-state index in [-0.39, 0.29) is 12.2 Å². The second-order valence-corrected chi connectivity index (χ2v) is 5.96. The highest BCUT2D eigenvalue weighted by Crippen LogP contribution is 2.22. The molecule has 0 fully saturated rings. The molecule has 0 radical (unpaired) electrons. The Morgan fingerprint density at radius 1 is 1.44 bits per heavy atom. The lowest BCUT2D eigenvalue weighted by atomic mass is 10.3. The maximum absolute atomic E-state index is 13.5. The van der Waals surface area contributed by atoms with E-state index in [1.807, 2.05) is 0 Å². The van der Waals surface area contributed by atoms with Crippen LogP contribution in [0.15, 0.2) is 18.2 Å². The number of nitrogens with one attached hydrogen (secondary N) is 2. The molecule has 102 valence electrons. The van der Waals surface area contributed by atoms with E-state index in [1.54, 1.807) is 7.05 Å². The van der Waals surface area contributed by atoms with E-state index in [1.165, 1.54) is 26.2 Å². The Bertz CT molecular complexity index is 505. The van der Waals surface area contributed by atoms with Gasteiger partial charge in [-0.2, -0.15) is 0 Å². The summed E-state index contributed by atoms with van der Waals surface area (Å²) in [5, 5.41) is 2.09. The zero-order chi connectivity index (χ0) is 13.8. The predicted molar refractivity (Wildman–Crippen MR) is 68.9 cm³/mol. The third kappa shape index (κ3) is 3.58. The lowest BCUT2D eigenvalue weighted by Gasteiger charge is -2.15. The van der Waals surface area contributed by atoms with Crippen molar-refractivity contribution < 1.29 is 17.5 Å². The van der Waals surface area contributed by atoms with Gasteiger partial charge in [0.1, 0.15) is 11.6 Å². The summed E-state index contributed by atoms with van der Waals surface area (Å²) in [5.74, 6) is -0.258. The molecular formula is C11H17FN2O3S. The molecule has 18 heavy (non-hydrogen) atoms. The molecule has 0 heterocycles. The fraction of sp³-hybridized carbons (Fsp3) is 0.455. The van der Waals surface area contributed by atoms with Crippen molar-refractivity contribution >= 4 is 15.7 Å². The van der Waals surface area contributed by atoms with Crippen LogP contribution < -0.4 is 14.8 Å². The monoisotopic (exact) mass is 276 g/mol.